The minimum absolute atomic E-state index is 0.169. The van der Waals surface area contributed by atoms with E-state index in [1.165, 1.54) is 4.90 Å². The first-order valence-corrected chi connectivity index (χ1v) is 7.81. The summed E-state index contributed by atoms with van der Waals surface area (Å²) in [4.78, 5) is 25.5. The number of para-hydroxylation sites is 1. The average molecular weight is 372 g/mol. The number of anilines is 1. The van der Waals surface area contributed by atoms with Crippen LogP contribution in [0.15, 0.2) is 65.2 Å². The molecule has 116 valence electrons. The first-order valence-electron chi connectivity index (χ1n) is 7.02. The molecule has 1 atom stereocenters. The van der Waals surface area contributed by atoms with Crippen LogP contribution < -0.4 is 4.90 Å². The Hall–Kier alpha value is -2.24. The maximum Gasteiger partial charge on any atom is 0.268 e. The Morgan fingerprint density at radius 1 is 1.22 bits per heavy atom. The monoisotopic (exact) mass is 371 g/mol. The predicted molar refractivity (Wildman–Crippen MR) is 90.9 cm³/mol. The summed E-state index contributed by atoms with van der Waals surface area (Å²) in [5.74, 6) is -0.569. The number of halogens is 1. The van der Waals surface area contributed by atoms with Gasteiger partial charge < -0.3 is 10.0 Å². The van der Waals surface area contributed by atoms with E-state index < -0.39 is 11.5 Å². The molecule has 0 aliphatic carbocycles. The summed E-state index contributed by atoms with van der Waals surface area (Å²) in [6.45, 7) is 3.86. The normalized spacial score (nSPS) is 19.6. The van der Waals surface area contributed by atoms with Crippen LogP contribution in [0.4, 0.5) is 5.69 Å². The van der Waals surface area contributed by atoms with Gasteiger partial charge in [-0.3, -0.25) is 9.59 Å². The highest BCUT2D eigenvalue weighted by atomic mass is 79.9. The molecule has 1 amide bonds. The predicted octanol–water partition coefficient (Wildman–Crippen LogP) is 2.94. The third kappa shape index (κ3) is 2.33. The van der Waals surface area contributed by atoms with E-state index in [-0.39, 0.29) is 5.57 Å². The molecule has 23 heavy (non-hydrogen) atoms. The minimum atomic E-state index is -2.02. The Kier molecular flexibility index (Phi) is 3.92. The highest BCUT2D eigenvalue weighted by Crippen LogP contribution is 2.47. The number of aliphatic hydroxyl groups is 1. The van der Waals surface area contributed by atoms with Crippen LogP contribution in [-0.4, -0.2) is 17.3 Å². The Morgan fingerprint density at radius 3 is 2.57 bits per heavy atom. The van der Waals surface area contributed by atoms with Crippen LogP contribution in [0, 0.1) is 0 Å². The first kappa shape index (κ1) is 15.6. The van der Waals surface area contributed by atoms with E-state index in [2.05, 4.69) is 22.5 Å². The highest BCUT2D eigenvalue weighted by Gasteiger charge is 2.52. The quantitative estimate of drug-likeness (QED) is 0.663. The summed E-state index contributed by atoms with van der Waals surface area (Å²) in [6, 6.07) is 14.6. The van der Waals surface area contributed by atoms with Crippen molar-refractivity contribution in [2.24, 2.45) is 0 Å². The maximum atomic E-state index is 12.9. The van der Waals surface area contributed by atoms with Crippen molar-refractivity contribution in [2.75, 3.05) is 4.90 Å². The van der Waals surface area contributed by atoms with Crippen LogP contribution in [0.3, 0.4) is 0 Å². The van der Waals surface area contributed by atoms with Crippen molar-refractivity contribution in [3.63, 3.8) is 0 Å². The van der Waals surface area contributed by atoms with Gasteiger partial charge in [0.05, 0.1) is 12.2 Å². The lowest BCUT2D eigenvalue weighted by Crippen LogP contribution is -2.41. The molecule has 2 aromatic rings. The first-order chi connectivity index (χ1) is 11.0. The number of nitrogens with zero attached hydrogens (tertiary/aromatic N) is 1. The Balaban J connectivity index is 2.15. The second-order valence-electron chi connectivity index (χ2n) is 5.37. The Labute approximate surface area is 142 Å². The van der Waals surface area contributed by atoms with Crippen molar-refractivity contribution in [1.82, 2.24) is 0 Å². The number of amides is 1. The highest BCUT2D eigenvalue weighted by molar-refractivity contribution is 9.10. The summed E-state index contributed by atoms with van der Waals surface area (Å²) in [5.41, 5.74) is -0.340. The van der Waals surface area contributed by atoms with Crippen LogP contribution in [0.25, 0.3) is 0 Å². The molecule has 0 fully saturated rings. The number of carbonyl (C=O) groups is 2. The van der Waals surface area contributed by atoms with Crippen molar-refractivity contribution in [2.45, 2.75) is 12.1 Å². The van der Waals surface area contributed by atoms with E-state index in [1.54, 1.807) is 18.2 Å². The van der Waals surface area contributed by atoms with Gasteiger partial charge in [-0.25, -0.2) is 0 Å². The van der Waals surface area contributed by atoms with Crippen molar-refractivity contribution >= 4 is 33.8 Å². The molecule has 0 unspecified atom stereocenters. The fourth-order valence-corrected chi connectivity index (χ4v) is 3.39. The second-order valence-corrected chi connectivity index (χ2v) is 6.22. The SMILES string of the molecule is C=C(C=O)[C@@]1(O)C(=O)N(Cc2ccccc2)c2c(Br)cccc21. The number of benzene rings is 2. The topological polar surface area (TPSA) is 57.6 Å². The molecule has 5 heteroatoms. The van der Waals surface area contributed by atoms with Gasteiger partial charge in [-0.2, -0.15) is 0 Å². The second kappa shape index (κ2) is 5.76. The van der Waals surface area contributed by atoms with Gasteiger partial charge in [0.25, 0.3) is 5.91 Å². The molecule has 1 aliphatic rings. The molecule has 0 bridgehead atoms. The standard InChI is InChI=1S/C18H14BrNO3/c1-12(11-21)18(23)14-8-5-9-15(19)16(14)20(17(18)22)10-13-6-3-2-4-7-13/h2-9,11,23H,1,10H2/t18-/m0/s1. The van der Waals surface area contributed by atoms with Crippen LogP contribution in [0.2, 0.25) is 0 Å². The number of hydrogen-bond acceptors (Lipinski definition) is 3. The van der Waals surface area contributed by atoms with Gasteiger partial charge in [-0.05, 0) is 27.6 Å². The van der Waals surface area contributed by atoms with Crippen molar-refractivity contribution in [1.29, 1.82) is 0 Å². The van der Waals surface area contributed by atoms with Crippen molar-refractivity contribution in [3.8, 4) is 0 Å². The molecular formula is C18H14BrNO3. The molecule has 0 radical (unpaired) electrons. The molecule has 0 spiro atoms. The fraction of sp³-hybridized carbons (Fsp3) is 0.111. The van der Waals surface area contributed by atoms with Gasteiger partial charge in [0.2, 0.25) is 0 Å². The van der Waals surface area contributed by atoms with E-state index in [1.807, 2.05) is 30.3 Å². The summed E-state index contributed by atoms with van der Waals surface area (Å²) >= 11 is 3.43. The van der Waals surface area contributed by atoms with Gasteiger partial charge in [0.1, 0.15) is 6.29 Å². The number of hydrogen-bond donors (Lipinski definition) is 1. The van der Waals surface area contributed by atoms with Crippen LogP contribution in [-0.2, 0) is 21.7 Å². The van der Waals surface area contributed by atoms with Gasteiger partial charge in [-0.15, -0.1) is 0 Å². The molecule has 2 aromatic carbocycles. The minimum Gasteiger partial charge on any atom is -0.372 e. The number of carbonyl (C=O) groups excluding carboxylic acids is 2. The van der Waals surface area contributed by atoms with Crippen LogP contribution in [0.1, 0.15) is 11.1 Å². The van der Waals surface area contributed by atoms with E-state index >= 15 is 0 Å². The lowest BCUT2D eigenvalue weighted by molar-refractivity contribution is -0.134. The Morgan fingerprint density at radius 2 is 1.91 bits per heavy atom. The number of rotatable bonds is 4. The van der Waals surface area contributed by atoms with Crippen molar-refractivity contribution in [3.05, 3.63) is 76.3 Å². The third-order valence-corrected chi connectivity index (χ3v) is 4.63. The van der Waals surface area contributed by atoms with Gasteiger partial charge in [0, 0.05) is 15.6 Å². The van der Waals surface area contributed by atoms with Crippen LogP contribution in [0.5, 0.6) is 0 Å². The van der Waals surface area contributed by atoms with Gasteiger partial charge in [0.15, 0.2) is 5.60 Å². The lowest BCUT2D eigenvalue weighted by Gasteiger charge is -2.22. The summed E-state index contributed by atoms with van der Waals surface area (Å²) in [7, 11) is 0. The van der Waals surface area contributed by atoms with Crippen LogP contribution >= 0.6 is 15.9 Å². The van der Waals surface area contributed by atoms with E-state index in [0.29, 0.717) is 28.6 Å². The molecule has 4 nitrogen and oxygen atoms in total. The summed E-state index contributed by atoms with van der Waals surface area (Å²) in [5, 5.41) is 10.9. The smallest absolute Gasteiger partial charge is 0.268 e. The zero-order chi connectivity index (χ0) is 16.6. The van der Waals surface area contributed by atoms with E-state index in [0.717, 1.165) is 5.56 Å². The summed E-state index contributed by atoms with van der Waals surface area (Å²) < 4.78 is 0.675. The Bertz CT molecular complexity index is 803. The fourth-order valence-electron chi connectivity index (χ4n) is 2.81. The third-order valence-electron chi connectivity index (χ3n) is 3.99. The summed E-state index contributed by atoms with van der Waals surface area (Å²) in [6.07, 6.45) is 0.425. The molecule has 1 N–H and O–H groups in total. The average Bonchev–Trinajstić information content (AvgIpc) is 2.79. The van der Waals surface area contributed by atoms with Gasteiger partial charge >= 0.3 is 0 Å². The zero-order valence-electron chi connectivity index (χ0n) is 12.2. The van der Waals surface area contributed by atoms with E-state index in [9.17, 15) is 14.7 Å². The van der Waals surface area contributed by atoms with Gasteiger partial charge in [-0.1, -0.05) is 49.0 Å². The molecule has 0 saturated carbocycles. The molecule has 1 aliphatic heterocycles. The number of fused-ring (bicyclic) bond motifs is 1. The number of aldehydes is 1. The molecule has 0 aromatic heterocycles. The largest absolute Gasteiger partial charge is 0.372 e. The molecule has 0 saturated heterocycles. The molecular weight excluding hydrogens is 358 g/mol. The van der Waals surface area contributed by atoms with E-state index in [4.69, 9.17) is 0 Å². The lowest BCUT2D eigenvalue weighted by atomic mass is 9.89. The zero-order valence-corrected chi connectivity index (χ0v) is 13.8. The van der Waals surface area contributed by atoms with Crippen molar-refractivity contribution < 1.29 is 14.7 Å². The molecule has 3 rings (SSSR count). The maximum absolute atomic E-state index is 12.9. The molecule has 1 heterocycles.